The van der Waals surface area contributed by atoms with Crippen molar-refractivity contribution >= 4 is 22.8 Å². The standard InChI is InChI=1S/C19H23N5O4/c1-11-13(18(26)22-17-16(11)12(2)23-24(17)3)6-7-15(25)20-8-9-21-19(27)14-5-4-10-28-14/h4-5,10H,6-9H2,1-3H3,(H,20,25)(H,21,27)(H,22,26). The lowest BCUT2D eigenvalue weighted by molar-refractivity contribution is -0.121. The minimum Gasteiger partial charge on any atom is -0.459 e. The lowest BCUT2D eigenvalue weighted by Gasteiger charge is -2.08. The number of carbonyl (C=O) groups excluding carboxylic acids is 2. The van der Waals surface area contributed by atoms with E-state index < -0.39 is 0 Å². The summed E-state index contributed by atoms with van der Waals surface area (Å²) < 4.78 is 6.63. The number of H-pyrrole nitrogens is 1. The topological polar surface area (TPSA) is 122 Å². The number of aromatic amines is 1. The van der Waals surface area contributed by atoms with Gasteiger partial charge in [-0.25, -0.2) is 0 Å². The fraction of sp³-hybridized carbons (Fsp3) is 0.368. The Labute approximate surface area is 161 Å². The number of nitrogens with zero attached hydrogens (tertiary/aromatic N) is 2. The Morgan fingerprint density at radius 1 is 1.25 bits per heavy atom. The van der Waals surface area contributed by atoms with Crippen molar-refractivity contribution in [3.05, 3.63) is 51.3 Å². The maximum atomic E-state index is 12.4. The molecule has 0 bridgehead atoms. The maximum Gasteiger partial charge on any atom is 0.287 e. The number of hydrogen-bond donors (Lipinski definition) is 3. The molecule has 0 saturated heterocycles. The average Bonchev–Trinajstić information content (AvgIpc) is 3.27. The highest BCUT2D eigenvalue weighted by atomic mass is 16.3. The van der Waals surface area contributed by atoms with Crippen LogP contribution in [0.1, 0.15) is 33.8 Å². The summed E-state index contributed by atoms with van der Waals surface area (Å²) in [7, 11) is 1.78. The van der Waals surface area contributed by atoms with Crippen molar-refractivity contribution in [2.75, 3.05) is 13.1 Å². The van der Waals surface area contributed by atoms with Crippen LogP contribution in [0.15, 0.2) is 27.6 Å². The molecule has 0 unspecified atom stereocenters. The van der Waals surface area contributed by atoms with E-state index in [-0.39, 0.29) is 36.1 Å². The third kappa shape index (κ3) is 3.98. The lowest BCUT2D eigenvalue weighted by atomic mass is 10.0. The van der Waals surface area contributed by atoms with Crippen molar-refractivity contribution in [2.45, 2.75) is 26.7 Å². The first kappa shape index (κ1) is 19.4. The molecule has 9 nitrogen and oxygen atoms in total. The van der Waals surface area contributed by atoms with E-state index in [4.69, 9.17) is 4.42 Å². The van der Waals surface area contributed by atoms with Crippen molar-refractivity contribution in [3.63, 3.8) is 0 Å². The molecule has 0 saturated carbocycles. The van der Waals surface area contributed by atoms with E-state index in [0.717, 1.165) is 16.6 Å². The Hall–Kier alpha value is -3.36. The second kappa shape index (κ2) is 8.12. The fourth-order valence-electron chi connectivity index (χ4n) is 3.26. The molecular weight excluding hydrogens is 362 g/mol. The maximum absolute atomic E-state index is 12.4. The Balaban J connectivity index is 1.53. The number of rotatable bonds is 7. The third-order valence-corrected chi connectivity index (χ3v) is 4.64. The van der Waals surface area contributed by atoms with E-state index in [1.165, 1.54) is 6.26 Å². The zero-order chi connectivity index (χ0) is 20.3. The van der Waals surface area contributed by atoms with Crippen LogP contribution in [-0.4, -0.2) is 39.7 Å². The van der Waals surface area contributed by atoms with Crippen LogP contribution < -0.4 is 16.2 Å². The SMILES string of the molecule is Cc1nn(C)c2[nH]c(=O)c(CCC(=O)NCCNC(=O)c3ccco3)c(C)c12. The van der Waals surface area contributed by atoms with Crippen LogP contribution in [-0.2, 0) is 18.3 Å². The van der Waals surface area contributed by atoms with Gasteiger partial charge < -0.3 is 20.0 Å². The first-order valence-electron chi connectivity index (χ1n) is 9.02. The molecule has 0 radical (unpaired) electrons. The summed E-state index contributed by atoms with van der Waals surface area (Å²) in [6, 6.07) is 3.19. The van der Waals surface area contributed by atoms with Crippen molar-refractivity contribution in [3.8, 4) is 0 Å². The normalized spacial score (nSPS) is 11.0. The monoisotopic (exact) mass is 385 g/mol. The van der Waals surface area contributed by atoms with Gasteiger partial charge in [0.1, 0.15) is 5.65 Å². The molecule has 3 aromatic rings. The smallest absolute Gasteiger partial charge is 0.287 e. The minimum atomic E-state index is -0.332. The van der Waals surface area contributed by atoms with Gasteiger partial charge in [-0.15, -0.1) is 0 Å². The van der Waals surface area contributed by atoms with Crippen LogP contribution in [0.3, 0.4) is 0 Å². The Bertz CT molecular complexity index is 1060. The summed E-state index contributed by atoms with van der Waals surface area (Å²) in [5.74, 6) is -0.294. The van der Waals surface area contributed by atoms with Crippen molar-refractivity contribution < 1.29 is 14.0 Å². The van der Waals surface area contributed by atoms with E-state index in [1.807, 2.05) is 13.8 Å². The highest BCUT2D eigenvalue weighted by molar-refractivity contribution is 5.91. The summed E-state index contributed by atoms with van der Waals surface area (Å²) in [6.45, 7) is 4.35. The van der Waals surface area contributed by atoms with Crippen LogP contribution in [0.25, 0.3) is 11.0 Å². The van der Waals surface area contributed by atoms with Gasteiger partial charge in [0.25, 0.3) is 11.5 Å². The molecule has 0 aromatic carbocycles. The van der Waals surface area contributed by atoms with Gasteiger partial charge in [-0.3, -0.25) is 19.1 Å². The number of pyridine rings is 1. The van der Waals surface area contributed by atoms with Crippen molar-refractivity contribution in [1.29, 1.82) is 0 Å². The first-order valence-corrected chi connectivity index (χ1v) is 9.02. The lowest BCUT2D eigenvalue weighted by Crippen LogP contribution is -2.34. The molecular formula is C19H23N5O4. The van der Waals surface area contributed by atoms with E-state index >= 15 is 0 Å². The molecule has 2 amide bonds. The van der Waals surface area contributed by atoms with Gasteiger partial charge in [-0.2, -0.15) is 5.10 Å². The molecule has 0 spiro atoms. The van der Waals surface area contributed by atoms with E-state index in [2.05, 4.69) is 20.7 Å². The number of carbonyl (C=O) groups is 2. The van der Waals surface area contributed by atoms with E-state index in [9.17, 15) is 14.4 Å². The number of fused-ring (bicyclic) bond motifs is 1. The zero-order valence-electron chi connectivity index (χ0n) is 16.1. The van der Waals surface area contributed by atoms with Crippen molar-refractivity contribution in [2.24, 2.45) is 7.05 Å². The molecule has 9 heteroatoms. The van der Waals surface area contributed by atoms with Gasteiger partial charge >= 0.3 is 0 Å². The molecule has 0 aliphatic heterocycles. The quantitative estimate of drug-likeness (QED) is 0.523. The predicted octanol–water partition coefficient (Wildman–Crippen LogP) is 0.950. The summed E-state index contributed by atoms with van der Waals surface area (Å²) in [5, 5.41) is 10.6. The second-order valence-electron chi connectivity index (χ2n) is 6.57. The molecule has 0 aliphatic rings. The molecule has 148 valence electrons. The number of hydrogen-bond acceptors (Lipinski definition) is 5. The van der Waals surface area contributed by atoms with Crippen LogP contribution in [0.2, 0.25) is 0 Å². The van der Waals surface area contributed by atoms with Crippen molar-refractivity contribution in [1.82, 2.24) is 25.4 Å². The van der Waals surface area contributed by atoms with Crippen LogP contribution in [0.4, 0.5) is 0 Å². The molecule has 0 aliphatic carbocycles. The molecule has 28 heavy (non-hydrogen) atoms. The largest absolute Gasteiger partial charge is 0.459 e. The summed E-state index contributed by atoms with van der Waals surface area (Å²) in [5.41, 5.74) is 2.75. The van der Waals surface area contributed by atoms with Gasteiger partial charge in [-0.1, -0.05) is 0 Å². The summed E-state index contributed by atoms with van der Waals surface area (Å²) in [6.07, 6.45) is 1.93. The van der Waals surface area contributed by atoms with Gasteiger partial charge in [0.15, 0.2) is 5.76 Å². The van der Waals surface area contributed by atoms with Crippen LogP contribution >= 0.6 is 0 Å². The highest BCUT2D eigenvalue weighted by Gasteiger charge is 2.16. The van der Waals surface area contributed by atoms with Crippen LogP contribution in [0, 0.1) is 13.8 Å². The second-order valence-corrected chi connectivity index (χ2v) is 6.57. The van der Waals surface area contributed by atoms with Gasteiger partial charge in [0.05, 0.1) is 12.0 Å². The zero-order valence-corrected chi connectivity index (χ0v) is 16.1. The summed E-state index contributed by atoms with van der Waals surface area (Å²) in [4.78, 5) is 39.0. The van der Waals surface area contributed by atoms with E-state index in [0.29, 0.717) is 24.2 Å². The molecule has 3 rings (SSSR count). The Kier molecular flexibility index (Phi) is 5.62. The molecule has 3 heterocycles. The number of aromatic nitrogens is 3. The fourth-order valence-corrected chi connectivity index (χ4v) is 3.26. The third-order valence-electron chi connectivity index (χ3n) is 4.64. The molecule has 0 atom stereocenters. The molecule has 3 N–H and O–H groups in total. The molecule has 0 fully saturated rings. The van der Waals surface area contributed by atoms with E-state index in [1.54, 1.807) is 23.9 Å². The van der Waals surface area contributed by atoms with Gasteiger partial charge in [0, 0.05) is 37.5 Å². The number of nitrogens with one attached hydrogen (secondary N) is 3. The number of amides is 2. The number of aryl methyl sites for hydroxylation is 3. The Morgan fingerprint density at radius 3 is 2.71 bits per heavy atom. The number of furan rings is 1. The minimum absolute atomic E-state index is 0.181. The first-order chi connectivity index (χ1) is 13.4. The molecule has 3 aromatic heterocycles. The average molecular weight is 385 g/mol. The van der Waals surface area contributed by atoms with Crippen LogP contribution in [0.5, 0.6) is 0 Å². The summed E-state index contributed by atoms with van der Waals surface area (Å²) >= 11 is 0. The van der Waals surface area contributed by atoms with Gasteiger partial charge in [0.2, 0.25) is 5.91 Å². The predicted molar refractivity (Wildman–Crippen MR) is 103 cm³/mol. The highest BCUT2D eigenvalue weighted by Crippen LogP contribution is 2.21. The Morgan fingerprint density at radius 2 is 2.00 bits per heavy atom. The van der Waals surface area contributed by atoms with Gasteiger partial charge in [-0.05, 0) is 38.0 Å².